The Morgan fingerprint density at radius 3 is 2.56 bits per heavy atom. The van der Waals surface area contributed by atoms with Crippen LogP contribution in [0, 0.1) is 5.92 Å². The molecule has 0 unspecified atom stereocenters. The van der Waals surface area contributed by atoms with E-state index in [1.165, 1.54) is 6.42 Å². The summed E-state index contributed by atoms with van der Waals surface area (Å²) in [5, 5.41) is 1.23. The smallest absolute Gasteiger partial charge is 0.225 e. The van der Waals surface area contributed by atoms with E-state index in [1.54, 1.807) is 17.0 Å². The van der Waals surface area contributed by atoms with Crippen LogP contribution in [0.1, 0.15) is 37.8 Å². The predicted molar refractivity (Wildman–Crippen MR) is 75.0 cm³/mol. The van der Waals surface area contributed by atoms with Gasteiger partial charge < -0.3 is 4.90 Å². The Hall–Kier alpha value is -0.730. The van der Waals surface area contributed by atoms with Gasteiger partial charge in [-0.25, -0.2) is 0 Å². The molecule has 2 rings (SSSR count). The van der Waals surface area contributed by atoms with Gasteiger partial charge in [0.1, 0.15) is 0 Å². The maximum Gasteiger partial charge on any atom is 0.225 e. The molecule has 1 aliphatic rings. The maximum atomic E-state index is 12.2. The highest BCUT2D eigenvalue weighted by molar-refractivity contribution is 6.35. The SMILES string of the molecule is C[C@@H](c1ccc(Cl)cc1Cl)N(C)C(=O)C1CCC1. The fraction of sp³-hybridized carbons (Fsp3) is 0.500. The Kier molecular flexibility index (Phi) is 4.18. The lowest BCUT2D eigenvalue weighted by molar-refractivity contribution is -0.138. The number of hydrogen-bond donors (Lipinski definition) is 0. The van der Waals surface area contributed by atoms with Crippen LogP contribution in [0.4, 0.5) is 0 Å². The van der Waals surface area contributed by atoms with E-state index in [9.17, 15) is 4.79 Å². The summed E-state index contributed by atoms with van der Waals surface area (Å²) in [7, 11) is 1.84. The van der Waals surface area contributed by atoms with E-state index < -0.39 is 0 Å². The average molecular weight is 286 g/mol. The third kappa shape index (κ3) is 2.65. The van der Waals surface area contributed by atoms with Crippen LogP contribution in [-0.2, 0) is 4.79 Å². The van der Waals surface area contributed by atoms with Crippen molar-refractivity contribution in [3.05, 3.63) is 33.8 Å². The molecular formula is C14H17Cl2NO. The van der Waals surface area contributed by atoms with Gasteiger partial charge in [-0.1, -0.05) is 35.7 Å². The fourth-order valence-electron chi connectivity index (χ4n) is 2.18. The Bertz CT molecular complexity index is 457. The molecule has 0 spiro atoms. The highest BCUT2D eigenvalue weighted by Crippen LogP contribution is 2.33. The molecule has 1 aromatic rings. The molecule has 0 heterocycles. The Balaban J connectivity index is 2.14. The molecule has 4 heteroatoms. The minimum Gasteiger partial charge on any atom is -0.339 e. The molecule has 1 saturated carbocycles. The van der Waals surface area contributed by atoms with Crippen LogP contribution in [0.25, 0.3) is 0 Å². The first-order valence-electron chi connectivity index (χ1n) is 6.22. The third-order valence-electron chi connectivity index (χ3n) is 3.80. The van der Waals surface area contributed by atoms with Crippen LogP contribution >= 0.6 is 23.2 Å². The zero-order chi connectivity index (χ0) is 13.3. The summed E-state index contributed by atoms with van der Waals surface area (Å²) in [6.07, 6.45) is 3.20. The Morgan fingerprint density at radius 2 is 2.06 bits per heavy atom. The highest BCUT2D eigenvalue weighted by atomic mass is 35.5. The van der Waals surface area contributed by atoms with Crippen molar-refractivity contribution >= 4 is 29.1 Å². The second-order valence-electron chi connectivity index (χ2n) is 4.92. The second-order valence-corrected chi connectivity index (χ2v) is 5.76. The van der Waals surface area contributed by atoms with Crippen LogP contribution in [0.5, 0.6) is 0 Å². The van der Waals surface area contributed by atoms with Gasteiger partial charge in [0.15, 0.2) is 0 Å². The molecule has 1 fully saturated rings. The van der Waals surface area contributed by atoms with Gasteiger partial charge in [0.25, 0.3) is 0 Å². The molecule has 1 aliphatic carbocycles. The summed E-state index contributed by atoms with van der Waals surface area (Å²) in [5.41, 5.74) is 0.941. The second kappa shape index (κ2) is 5.50. The lowest BCUT2D eigenvalue weighted by Gasteiger charge is -2.33. The van der Waals surface area contributed by atoms with E-state index in [-0.39, 0.29) is 17.9 Å². The number of carbonyl (C=O) groups is 1. The summed E-state index contributed by atoms with van der Waals surface area (Å²) in [6.45, 7) is 1.99. The number of benzene rings is 1. The summed E-state index contributed by atoms with van der Waals surface area (Å²) in [6, 6.07) is 5.39. The molecule has 18 heavy (non-hydrogen) atoms. The molecule has 0 aromatic heterocycles. The number of rotatable bonds is 3. The van der Waals surface area contributed by atoms with Gasteiger partial charge in [0.2, 0.25) is 5.91 Å². The third-order valence-corrected chi connectivity index (χ3v) is 4.36. The quantitative estimate of drug-likeness (QED) is 0.810. The minimum absolute atomic E-state index is 0.0251. The summed E-state index contributed by atoms with van der Waals surface area (Å²) in [5.74, 6) is 0.434. The maximum absolute atomic E-state index is 12.2. The standard InChI is InChI=1S/C14H17Cl2NO/c1-9(12-7-6-11(15)8-13(12)16)17(2)14(18)10-4-3-5-10/h6-10H,3-5H2,1-2H3/t9-/m0/s1. The summed E-state index contributed by atoms with van der Waals surface area (Å²) < 4.78 is 0. The van der Waals surface area contributed by atoms with Gasteiger partial charge in [-0.15, -0.1) is 0 Å². The van der Waals surface area contributed by atoms with Crippen molar-refractivity contribution in [2.24, 2.45) is 5.92 Å². The summed E-state index contributed by atoms with van der Waals surface area (Å²) in [4.78, 5) is 14.0. The molecule has 0 aliphatic heterocycles. The molecule has 98 valence electrons. The first-order chi connectivity index (χ1) is 8.50. The van der Waals surface area contributed by atoms with Crippen molar-refractivity contribution in [3.63, 3.8) is 0 Å². The Morgan fingerprint density at radius 1 is 1.39 bits per heavy atom. The molecular weight excluding hydrogens is 269 g/mol. The molecule has 1 atom stereocenters. The zero-order valence-electron chi connectivity index (χ0n) is 10.6. The highest BCUT2D eigenvalue weighted by Gasteiger charge is 2.30. The van der Waals surface area contributed by atoms with Gasteiger partial charge in [0.05, 0.1) is 6.04 Å². The van der Waals surface area contributed by atoms with Crippen LogP contribution in [0.2, 0.25) is 10.0 Å². The van der Waals surface area contributed by atoms with Crippen molar-refractivity contribution < 1.29 is 4.79 Å². The first kappa shape index (κ1) is 13.7. The van der Waals surface area contributed by atoms with E-state index in [1.807, 2.05) is 20.0 Å². The van der Waals surface area contributed by atoms with Gasteiger partial charge in [-0.05, 0) is 37.5 Å². The molecule has 0 N–H and O–H groups in total. The average Bonchev–Trinajstić information content (AvgIpc) is 2.24. The van der Waals surface area contributed by atoms with Crippen molar-refractivity contribution in [2.75, 3.05) is 7.05 Å². The van der Waals surface area contributed by atoms with Gasteiger partial charge in [-0.3, -0.25) is 4.79 Å². The molecule has 1 aromatic carbocycles. The van der Waals surface area contributed by atoms with Crippen molar-refractivity contribution in [1.82, 2.24) is 4.90 Å². The van der Waals surface area contributed by atoms with Crippen LogP contribution in [0.15, 0.2) is 18.2 Å². The van der Waals surface area contributed by atoms with Crippen LogP contribution < -0.4 is 0 Å². The van der Waals surface area contributed by atoms with Crippen LogP contribution in [-0.4, -0.2) is 17.9 Å². The van der Waals surface area contributed by atoms with E-state index in [2.05, 4.69) is 0 Å². The van der Waals surface area contributed by atoms with Crippen molar-refractivity contribution in [2.45, 2.75) is 32.2 Å². The van der Waals surface area contributed by atoms with E-state index in [0.717, 1.165) is 18.4 Å². The first-order valence-corrected chi connectivity index (χ1v) is 6.98. The molecule has 0 radical (unpaired) electrons. The molecule has 0 saturated heterocycles. The summed E-state index contributed by atoms with van der Waals surface area (Å²) >= 11 is 12.1. The van der Waals surface area contributed by atoms with Gasteiger partial charge >= 0.3 is 0 Å². The van der Waals surface area contributed by atoms with Gasteiger partial charge in [-0.2, -0.15) is 0 Å². The fourth-order valence-corrected chi connectivity index (χ4v) is 2.75. The molecule has 0 bridgehead atoms. The predicted octanol–water partition coefficient (Wildman–Crippen LogP) is 4.31. The largest absolute Gasteiger partial charge is 0.339 e. The van der Waals surface area contributed by atoms with Crippen molar-refractivity contribution in [1.29, 1.82) is 0 Å². The lowest BCUT2D eigenvalue weighted by atomic mass is 9.84. The topological polar surface area (TPSA) is 20.3 Å². The number of amides is 1. The van der Waals surface area contributed by atoms with Gasteiger partial charge in [0, 0.05) is 23.0 Å². The minimum atomic E-state index is -0.0251. The van der Waals surface area contributed by atoms with Crippen LogP contribution in [0.3, 0.4) is 0 Å². The monoisotopic (exact) mass is 285 g/mol. The molecule has 1 amide bonds. The Labute approximate surface area is 118 Å². The van der Waals surface area contributed by atoms with E-state index >= 15 is 0 Å². The number of hydrogen-bond acceptors (Lipinski definition) is 1. The van der Waals surface area contributed by atoms with E-state index in [0.29, 0.717) is 10.0 Å². The zero-order valence-corrected chi connectivity index (χ0v) is 12.1. The molecule has 2 nitrogen and oxygen atoms in total. The lowest BCUT2D eigenvalue weighted by Crippen LogP contribution is -2.37. The number of nitrogens with zero attached hydrogens (tertiary/aromatic N) is 1. The van der Waals surface area contributed by atoms with E-state index in [4.69, 9.17) is 23.2 Å². The van der Waals surface area contributed by atoms with Crippen molar-refractivity contribution in [3.8, 4) is 0 Å². The normalized spacial score (nSPS) is 17.1. The number of carbonyl (C=O) groups excluding carboxylic acids is 1. The number of halogens is 2.